The Balaban J connectivity index is 2.20. The maximum Gasteiger partial charge on any atom is 0.248 e. The molecule has 2 rings (SSSR count). The summed E-state index contributed by atoms with van der Waals surface area (Å²) in [6, 6.07) is 9.35. The van der Waals surface area contributed by atoms with Gasteiger partial charge in [-0.05, 0) is 42.0 Å². The number of nitrogens with two attached hydrogens (primary N) is 1. The number of nitrogens with one attached hydrogen (secondary N) is 1. The van der Waals surface area contributed by atoms with Crippen LogP contribution in [0.2, 0.25) is 0 Å². The van der Waals surface area contributed by atoms with Gasteiger partial charge in [-0.15, -0.1) is 0 Å². The highest BCUT2D eigenvalue weighted by Gasteiger charge is 2.02. The summed E-state index contributed by atoms with van der Waals surface area (Å²) in [7, 11) is 1.61. The van der Waals surface area contributed by atoms with Crippen molar-refractivity contribution in [2.75, 3.05) is 7.11 Å². The van der Waals surface area contributed by atoms with Crippen LogP contribution < -0.4 is 11.3 Å². The van der Waals surface area contributed by atoms with E-state index < -0.39 is 0 Å². The largest absolute Gasteiger partial charge is 0.367 e. The lowest BCUT2D eigenvalue weighted by molar-refractivity contribution is 0.101. The molecule has 0 saturated carbocycles. The molecule has 0 aliphatic heterocycles. The van der Waals surface area contributed by atoms with Crippen molar-refractivity contribution in [2.24, 2.45) is 5.73 Å². The number of aryl methyl sites for hydroxylation is 1. The SMILES string of the molecule is COC(N)CCc1ccc2[nH]c(=O)ccc2c1. The molecule has 1 aromatic carbocycles. The smallest absolute Gasteiger partial charge is 0.248 e. The number of hydrogen-bond acceptors (Lipinski definition) is 3. The number of aromatic nitrogens is 1. The highest BCUT2D eigenvalue weighted by atomic mass is 16.5. The lowest BCUT2D eigenvalue weighted by Gasteiger charge is -2.09. The highest BCUT2D eigenvalue weighted by molar-refractivity contribution is 5.78. The van der Waals surface area contributed by atoms with Crippen molar-refractivity contribution < 1.29 is 4.74 Å². The summed E-state index contributed by atoms with van der Waals surface area (Å²) in [6.45, 7) is 0. The fraction of sp³-hybridized carbons (Fsp3) is 0.308. The molecule has 0 radical (unpaired) electrons. The Labute approximate surface area is 99.4 Å². The van der Waals surface area contributed by atoms with E-state index in [1.165, 1.54) is 11.6 Å². The molecule has 1 atom stereocenters. The number of methoxy groups -OCH3 is 1. The van der Waals surface area contributed by atoms with Gasteiger partial charge in [0, 0.05) is 18.7 Å². The van der Waals surface area contributed by atoms with Crippen LogP contribution in [-0.4, -0.2) is 18.3 Å². The van der Waals surface area contributed by atoms with E-state index in [1.54, 1.807) is 7.11 Å². The van der Waals surface area contributed by atoms with E-state index in [2.05, 4.69) is 11.1 Å². The first kappa shape index (κ1) is 11.8. The van der Waals surface area contributed by atoms with E-state index in [0.717, 1.165) is 23.7 Å². The predicted molar refractivity (Wildman–Crippen MR) is 67.9 cm³/mol. The van der Waals surface area contributed by atoms with Gasteiger partial charge in [0.05, 0.1) is 0 Å². The zero-order chi connectivity index (χ0) is 12.3. The molecule has 4 heteroatoms. The monoisotopic (exact) mass is 232 g/mol. The molecule has 0 saturated heterocycles. The molecule has 3 N–H and O–H groups in total. The molecule has 0 fully saturated rings. The normalized spacial score (nSPS) is 12.8. The average molecular weight is 232 g/mol. The second-order valence-corrected chi connectivity index (χ2v) is 4.06. The van der Waals surface area contributed by atoms with Crippen molar-refractivity contribution in [1.82, 2.24) is 4.98 Å². The van der Waals surface area contributed by atoms with Gasteiger partial charge in [0.2, 0.25) is 5.56 Å². The Morgan fingerprint density at radius 1 is 1.35 bits per heavy atom. The molecular formula is C13H16N2O2. The Morgan fingerprint density at radius 3 is 2.94 bits per heavy atom. The third-order valence-corrected chi connectivity index (χ3v) is 2.81. The molecule has 90 valence electrons. The first-order valence-corrected chi connectivity index (χ1v) is 5.59. The van der Waals surface area contributed by atoms with Crippen molar-refractivity contribution in [3.8, 4) is 0 Å². The Bertz CT molecular complexity index is 563. The molecule has 0 aliphatic rings. The minimum atomic E-state index is -0.221. The Morgan fingerprint density at radius 2 is 2.18 bits per heavy atom. The summed E-state index contributed by atoms with van der Waals surface area (Å²) in [4.78, 5) is 13.9. The van der Waals surface area contributed by atoms with Gasteiger partial charge in [0.25, 0.3) is 0 Å². The predicted octanol–water partition coefficient (Wildman–Crippen LogP) is 1.39. The Kier molecular flexibility index (Phi) is 3.56. The van der Waals surface area contributed by atoms with Crippen molar-refractivity contribution >= 4 is 10.9 Å². The molecule has 1 unspecified atom stereocenters. The van der Waals surface area contributed by atoms with Gasteiger partial charge in [0.15, 0.2) is 0 Å². The molecule has 0 bridgehead atoms. The average Bonchev–Trinajstić information content (AvgIpc) is 2.35. The second-order valence-electron chi connectivity index (χ2n) is 4.06. The lowest BCUT2D eigenvalue weighted by Crippen LogP contribution is -2.22. The molecular weight excluding hydrogens is 216 g/mol. The number of rotatable bonds is 4. The molecule has 17 heavy (non-hydrogen) atoms. The van der Waals surface area contributed by atoms with Crippen LogP contribution in [0.1, 0.15) is 12.0 Å². The number of aromatic amines is 1. The highest BCUT2D eigenvalue weighted by Crippen LogP contribution is 2.13. The maximum atomic E-state index is 11.1. The molecule has 0 amide bonds. The fourth-order valence-electron chi connectivity index (χ4n) is 1.79. The Hall–Kier alpha value is -1.65. The zero-order valence-corrected chi connectivity index (χ0v) is 9.77. The molecule has 4 nitrogen and oxygen atoms in total. The summed E-state index contributed by atoms with van der Waals surface area (Å²) in [5.74, 6) is 0. The van der Waals surface area contributed by atoms with Gasteiger partial charge >= 0.3 is 0 Å². The van der Waals surface area contributed by atoms with Gasteiger partial charge in [-0.2, -0.15) is 0 Å². The molecule has 1 aromatic heterocycles. The fourth-order valence-corrected chi connectivity index (χ4v) is 1.79. The van der Waals surface area contributed by atoms with Crippen molar-refractivity contribution in [3.63, 3.8) is 0 Å². The van der Waals surface area contributed by atoms with Crippen LogP contribution in [0.3, 0.4) is 0 Å². The van der Waals surface area contributed by atoms with Crippen LogP contribution in [0, 0.1) is 0 Å². The number of H-pyrrole nitrogens is 1. The third-order valence-electron chi connectivity index (χ3n) is 2.81. The summed E-state index contributed by atoms with van der Waals surface area (Å²) in [5.41, 5.74) is 7.66. The van der Waals surface area contributed by atoms with E-state index in [0.29, 0.717) is 0 Å². The van der Waals surface area contributed by atoms with E-state index in [4.69, 9.17) is 10.5 Å². The number of hydrogen-bond donors (Lipinski definition) is 2. The van der Waals surface area contributed by atoms with Crippen molar-refractivity contribution in [2.45, 2.75) is 19.1 Å². The maximum absolute atomic E-state index is 11.1. The number of ether oxygens (including phenoxy) is 1. The van der Waals surface area contributed by atoms with Crippen LogP contribution in [0.25, 0.3) is 10.9 Å². The van der Waals surface area contributed by atoms with E-state index >= 15 is 0 Å². The van der Waals surface area contributed by atoms with Gasteiger partial charge in [-0.1, -0.05) is 6.07 Å². The van der Waals surface area contributed by atoms with E-state index in [-0.39, 0.29) is 11.8 Å². The summed E-state index contributed by atoms with van der Waals surface area (Å²) in [5, 5.41) is 1.04. The van der Waals surface area contributed by atoms with Crippen molar-refractivity contribution in [3.05, 3.63) is 46.2 Å². The third kappa shape index (κ3) is 2.93. The number of benzene rings is 1. The summed E-state index contributed by atoms with van der Waals surface area (Å²) in [6.07, 6.45) is 1.43. The molecule has 1 heterocycles. The zero-order valence-electron chi connectivity index (χ0n) is 9.77. The van der Waals surface area contributed by atoms with Crippen LogP contribution in [0.15, 0.2) is 35.1 Å². The minimum Gasteiger partial charge on any atom is -0.367 e. The van der Waals surface area contributed by atoms with Gasteiger partial charge < -0.3 is 15.5 Å². The summed E-state index contributed by atoms with van der Waals surface area (Å²) < 4.78 is 5.01. The van der Waals surface area contributed by atoms with Crippen molar-refractivity contribution in [1.29, 1.82) is 0 Å². The first-order valence-electron chi connectivity index (χ1n) is 5.59. The second kappa shape index (κ2) is 5.12. The van der Waals surface area contributed by atoms with Crippen LogP contribution in [0.5, 0.6) is 0 Å². The van der Waals surface area contributed by atoms with Crippen LogP contribution in [0.4, 0.5) is 0 Å². The van der Waals surface area contributed by atoms with Crippen LogP contribution >= 0.6 is 0 Å². The topological polar surface area (TPSA) is 68.1 Å². The van der Waals surface area contributed by atoms with E-state index in [9.17, 15) is 4.79 Å². The van der Waals surface area contributed by atoms with Crippen LogP contribution in [-0.2, 0) is 11.2 Å². The number of pyridine rings is 1. The molecule has 2 aromatic rings. The summed E-state index contributed by atoms with van der Waals surface area (Å²) >= 11 is 0. The minimum absolute atomic E-state index is 0.0772. The van der Waals surface area contributed by atoms with Gasteiger partial charge in [0.1, 0.15) is 6.23 Å². The lowest BCUT2D eigenvalue weighted by atomic mass is 10.1. The number of fused-ring (bicyclic) bond motifs is 1. The van der Waals surface area contributed by atoms with Gasteiger partial charge in [-0.25, -0.2) is 0 Å². The van der Waals surface area contributed by atoms with Gasteiger partial charge in [-0.3, -0.25) is 4.79 Å². The molecule has 0 aliphatic carbocycles. The quantitative estimate of drug-likeness (QED) is 0.783. The standard InChI is InChI=1S/C13H16N2O2/c1-17-12(14)6-3-9-2-5-11-10(8-9)4-7-13(16)15-11/h2,4-5,7-8,12H,3,6,14H2,1H3,(H,15,16). The first-order chi connectivity index (χ1) is 8.19. The van der Waals surface area contributed by atoms with E-state index in [1.807, 2.05) is 18.2 Å². The molecule has 0 spiro atoms.